The van der Waals surface area contributed by atoms with Crippen LogP contribution in [0.15, 0.2) is 36.5 Å². The minimum atomic E-state index is 0.264. The molecule has 0 aromatic carbocycles. The summed E-state index contributed by atoms with van der Waals surface area (Å²) in [6.45, 7) is 3.77. The molecule has 0 saturated heterocycles. The third-order valence-corrected chi connectivity index (χ3v) is 1.94. The van der Waals surface area contributed by atoms with Gasteiger partial charge in [-0.05, 0) is 32.6 Å². The van der Waals surface area contributed by atoms with Crippen LogP contribution in [0.1, 0.15) is 46.0 Å². The number of allylic oxidation sites excluding steroid dienone is 6. The van der Waals surface area contributed by atoms with Gasteiger partial charge in [0.25, 0.3) is 0 Å². The van der Waals surface area contributed by atoms with Crippen LogP contribution in [0, 0.1) is 0 Å². The summed E-state index contributed by atoms with van der Waals surface area (Å²) in [4.78, 5) is 10.6. The van der Waals surface area contributed by atoms with Crippen molar-refractivity contribution in [3.63, 3.8) is 0 Å². The average molecular weight is 206 g/mol. The Balaban J connectivity index is 3.36. The third-order valence-electron chi connectivity index (χ3n) is 1.94. The Morgan fingerprint density at radius 3 is 2.00 bits per heavy atom. The number of hydrogen-bond acceptors (Lipinski definition) is 1. The molecule has 0 bridgehead atoms. The van der Waals surface area contributed by atoms with E-state index in [-0.39, 0.29) is 5.78 Å². The quantitative estimate of drug-likeness (QED) is 0.543. The molecule has 0 atom stereocenters. The predicted molar refractivity (Wildman–Crippen MR) is 66.9 cm³/mol. The molecule has 0 amide bonds. The van der Waals surface area contributed by atoms with Gasteiger partial charge < -0.3 is 4.79 Å². The molecule has 0 aliphatic carbocycles. The van der Waals surface area contributed by atoms with Crippen molar-refractivity contribution in [2.45, 2.75) is 46.0 Å². The van der Waals surface area contributed by atoms with E-state index >= 15 is 0 Å². The summed E-state index contributed by atoms with van der Waals surface area (Å²) < 4.78 is 0. The largest absolute Gasteiger partial charge is 0.300 e. The molecule has 0 rings (SSSR count). The highest BCUT2D eigenvalue weighted by Gasteiger charge is 1.87. The van der Waals surface area contributed by atoms with Crippen LogP contribution in [0.25, 0.3) is 0 Å². The van der Waals surface area contributed by atoms with Gasteiger partial charge in [-0.25, -0.2) is 0 Å². The second-order valence-electron chi connectivity index (χ2n) is 3.53. The standard InChI is InChI=1S/C14H22O/c1-3-4-5-6-7-8-9-10-11-12-13-14(2)15/h4-5,7-8,10-11H,3,6,9,12-13H2,1-2H3/b5-4+,8-7-,11-10+. The van der Waals surface area contributed by atoms with Gasteiger partial charge in [0.05, 0.1) is 0 Å². The van der Waals surface area contributed by atoms with Crippen molar-refractivity contribution < 1.29 is 4.79 Å². The Hall–Kier alpha value is -1.11. The van der Waals surface area contributed by atoms with Crippen molar-refractivity contribution >= 4 is 5.78 Å². The molecule has 15 heavy (non-hydrogen) atoms. The molecule has 0 unspecified atom stereocenters. The number of ketones is 1. The summed E-state index contributed by atoms with van der Waals surface area (Å²) in [7, 11) is 0. The van der Waals surface area contributed by atoms with Gasteiger partial charge in [-0.15, -0.1) is 0 Å². The zero-order valence-corrected chi connectivity index (χ0v) is 9.91. The molecule has 0 saturated carbocycles. The Bertz CT molecular complexity index is 234. The summed E-state index contributed by atoms with van der Waals surface area (Å²) in [6, 6.07) is 0. The molecular weight excluding hydrogens is 184 g/mol. The van der Waals surface area contributed by atoms with Gasteiger partial charge in [0.1, 0.15) is 5.78 Å². The minimum absolute atomic E-state index is 0.264. The van der Waals surface area contributed by atoms with E-state index in [4.69, 9.17) is 0 Å². The fraction of sp³-hybridized carbons (Fsp3) is 0.500. The molecule has 0 radical (unpaired) electrons. The number of carbonyl (C=O) groups is 1. The minimum Gasteiger partial charge on any atom is -0.300 e. The summed E-state index contributed by atoms with van der Waals surface area (Å²) in [5, 5.41) is 0. The van der Waals surface area contributed by atoms with Gasteiger partial charge in [-0.1, -0.05) is 43.4 Å². The summed E-state index contributed by atoms with van der Waals surface area (Å²) in [5.74, 6) is 0.264. The van der Waals surface area contributed by atoms with E-state index in [0.29, 0.717) is 6.42 Å². The first-order chi connectivity index (χ1) is 7.27. The topological polar surface area (TPSA) is 17.1 Å². The van der Waals surface area contributed by atoms with Crippen LogP contribution in [-0.4, -0.2) is 5.78 Å². The van der Waals surface area contributed by atoms with Crippen LogP contribution in [-0.2, 0) is 4.79 Å². The average Bonchev–Trinajstić information content (AvgIpc) is 2.20. The molecular formula is C14H22O. The Morgan fingerprint density at radius 2 is 1.47 bits per heavy atom. The highest BCUT2D eigenvalue weighted by atomic mass is 16.1. The molecule has 0 heterocycles. The fourth-order valence-electron chi connectivity index (χ4n) is 1.11. The SMILES string of the molecule is CC/C=C/C/C=C\C/C=C/CCC(C)=O. The number of carbonyl (C=O) groups excluding carboxylic acids is 1. The van der Waals surface area contributed by atoms with Crippen LogP contribution in [0.2, 0.25) is 0 Å². The monoisotopic (exact) mass is 206 g/mol. The smallest absolute Gasteiger partial charge is 0.130 e. The van der Waals surface area contributed by atoms with E-state index in [1.807, 2.05) is 0 Å². The molecule has 1 heteroatoms. The van der Waals surface area contributed by atoms with E-state index in [1.54, 1.807) is 6.92 Å². The van der Waals surface area contributed by atoms with E-state index in [1.165, 1.54) is 0 Å². The van der Waals surface area contributed by atoms with Crippen LogP contribution in [0.4, 0.5) is 0 Å². The summed E-state index contributed by atoms with van der Waals surface area (Å²) in [5.41, 5.74) is 0. The van der Waals surface area contributed by atoms with Crippen molar-refractivity contribution in [3.8, 4) is 0 Å². The highest BCUT2D eigenvalue weighted by molar-refractivity contribution is 5.75. The molecule has 0 aromatic heterocycles. The predicted octanol–water partition coefficient (Wildman–Crippen LogP) is 4.21. The maximum Gasteiger partial charge on any atom is 0.130 e. The van der Waals surface area contributed by atoms with Gasteiger partial charge in [0, 0.05) is 6.42 Å². The fourth-order valence-corrected chi connectivity index (χ4v) is 1.11. The Morgan fingerprint density at radius 1 is 0.933 bits per heavy atom. The second kappa shape index (κ2) is 11.0. The van der Waals surface area contributed by atoms with Gasteiger partial charge in [-0.2, -0.15) is 0 Å². The summed E-state index contributed by atoms with van der Waals surface area (Å²) in [6.07, 6.45) is 17.5. The van der Waals surface area contributed by atoms with Crippen LogP contribution >= 0.6 is 0 Å². The Labute approximate surface area is 93.6 Å². The highest BCUT2D eigenvalue weighted by Crippen LogP contribution is 1.96. The first kappa shape index (κ1) is 13.9. The second-order valence-corrected chi connectivity index (χ2v) is 3.53. The lowest BCUT2D eigenvalue weighted by Gasteiger charge is -1.87. The zero-order valence-electron chi connectivity index (χ0n) is 9.91. The van der Waals surface area contributed by atoms with Crippen molar-refractivity contribution in [1.29, 1.82) is 0 Å². The van der Waals surface area contributed by atoms with E-state index < -0.39 is 0 Å². The van der Waals surface area contributed by atoms with Crippen LogP contribution in [0.3, 0.4) is 0 Å². The first-order valence-corrected chi connectivity index (χ1v) is 5.71. The first-order valence-electron chi connectivity index (χ1n) is 5.71. The van der Waals surface area contributed by atoms with Crippen molar-refractivity contribution in [2.24, 2.45) is 0 Å². The van der Waals surface area contributed by atoms with Crippen molar-refractivity contribution in [2.75, 3.05) is 0 Å². The Kier molecular flexibility index (Phi) is 10.2. The van der Waals surface area contributed by atoms with E-state index in [0.717, 1.165) is 25.7 Å². The van der Waals surface area contributed by atoms with Gasteiger partial charge in [0.15, 0.2) is 0 Å². The molecule has 0 fully saturated rings. The van der Waals surface area contributed by atoms with Crippen molar-refractivity contribution in [1.82, 2.24) is 0 Å². The molecule has 0 aromatic rings. The van der Waals surface area contributed by atoms with Crippen molar-refractivity contribution in [3.05, 3.63) is 36.5 Å². The molecule has 84 valence electrons. The van der Waals surface area contributed by atoms with Gasteiger partial charge >= 0.3 is 0 Å². The number of Topliss-reactive ketones (excluding diaryl/α,β-unsaturated/α-hetero) is 1. The molecule has 0 N–H and O–H groups in total. The maximum absolute atomic E-state index is 10.6. The molecule has 0 aliphatic rings. The number of rotatable bonds is 8. The third kappa shape index (κ3) is 12.9. The lowest BCUT2D eigenvalue weighted by atomic mass is 10.2. The molecule has 0 spiro atoms. The molecule has 0 aliphatic heterocycles. The summed E-state index contributed by atoms with van der Waals surface area (Å²) >= 11 is 0. The van der Waals surface area contributed by atoms with Crippen LogP contribution in [0.5, 0.6) is 0 Å². The van der Waals surface area contributed by atoms with Gasteiger partial charge in [0.2, 0.25) is 0 Å². The van der Waals surface area contributed by atoms with E-state index in [9.17, 15) is 4.79 Å². The zero-order chi connectivity index (χ0) is 11.4. The molecule has 1 nitrogen and oxygen atoms in total. The lowest BCUT2D eigenvalue weighted by molar-refractivity contribution is -0.116. The van der Waals surface area contributed by atoms with E-state index in [2.05, 4.69) is 43.4 Å². The number of hydrogen-bond donors (Lipinski definition) is 0. The van der Waals surface area contributed by atoms with Gasteiger partial charge in [-0.3, -0.25) is 0 Å². The maximum atomic E-state index is 10.6. The normalized spacial score (nSPS) is 12.1. The lowest BCUT2D eigenvalue weighted by Crippen LogP contribution is -1.85. The van der Waals surface area contributed by atoms with Crippen LogP contribution < -0.4 is 0 Å².